The standard InChI is InChI=1S/C20H28N2O5/c1-3-27-20(26)16(12-11-15-8-5-4-6-9-15)21-14(2)18(23)22-13-7-10-17(22)19(24)25/h4-6,8-9,14,16-17,21H,3,7,10-13H2,1-2H3,(H,24,25)/t14-,16-,17-/m0/s1/i11D2,12D2,16D. The fourth-order valence-electron chi connectivity index (χ4n) is 2.82. The molecule has 0 aromatic heterocycles. The monoisotopic (exact) mass is 381 g/mol. The van der Waals surface area contributed by atoms with Gasteiger partial charge in [-0.1, -0.05) is 30.3 Å². The number of carboxylic acids is 1. The van der Waals surface area contributed by atoms with Gasteiger partial charge in [-0.15, -0.1) is 0 Å². The molecular weight excluding hydrogens is 348 g/mol. The number of ether oxygens (including phenoxy) is 1. The van der Waals surface area contributed by atoms with Crippen molar-refractivity contribution >= 4 is 17.8 Å². The van der Waals surface area contributed by atoms with Gasteiger partial charge >= 0.3 is 11.9 Å². The van der Waals surface area contributed by atoms with Crippen LogP contribution >= 0.6 is 0 Å². The summed E-state index contributed by atoms with van der Waals surface area (Å²) in [5.41, 5.74) is -0.0998. The summed E-state index contributed by atoms with van der Waals surface area (Å²) < 4.78 is 47.4. The first-order valence-corrected chi connectivity index (χ1v) is 8.85. The highest BCUT2D eigenvalue weighted by atomic mass is 16.5. The summed E-state index contributed by atoms with van der Waals surface area (Å²) in [6.07, 6.45) is -5.29. The first kappa shape index (κ1) is 14.6. The van der Waals surface area contributed by atoms with Crippen molar-refractivity contribution in [3.8, 4) is 0 Å². The number of likely N-dealkylation sites (tertiary alicyclic amines) is 1. The molecule has 1 aliphatic rings. The molecule has 1 aromatic carbocycles. The van der Waals surface area contributed by atoms with Crippen molar-refractivity contribution in [3.05, 3.63) is 35.9 Å². The van der Waals surface area contributed by atoms with Crippen LogP contribution in [0.1, 0.15) is 45.5 Å². The molecule has 27 heavy (non-hydrogen) atoms. The third kappa shape index (κ3) is 5.79. The minimum absolute atomic E-state index is 0.0998. The highest BCUT2D eigenvalue weighted by Crippen LogP contribution is 2.19. The van der Waals surface area contributed by atoms with Crippen molar-refractivity contribution < 1.29 is 31.1 Å². The second-order valence-electron chi connectivity index (χ2n) is 6.11. The Morgan fingerprint density at radius 2 is 2.11 bits per heavy atom. The normalized spacial score (nSPS) is 23.7. The van der Waals surface area contributed by atoms with Crippen molar-refractivity contribution in [3.63, 3.8) is 0 Å². The summed E-state index contributed by atoms with van der Waals surface area (Å²) in [7, 11) is 0. The van der Waals surface area contributed by atoms with Crippen LogP contribution in [0.15, 0.2) is 30.3 Å². The number of carbonyl (C=O) groups is 3. The van der Waals surface area contributed by atoms with Crippen LogP contribution in [0.25, 0.3) is 0 Å². The summed E-state index contributed by atoms with van der Waals surface area (Å²) in [4.78, 5) is 38.2. The highest BCUT2D eigenvalue weighted by molar-refractivity contribution is 5.88. The number of amides is 1. The van der Waals surface area contributed by atoms with Gasteiger partial charge in [0.1, 0.15) is 12.1 Å². The Labute approximate surface area is 166 Å². The van der Waals surface area contributed by atoms with Crippen molar-refractivity contribution in [2.75, 3.05) is 13.2 Å². The number of aliphatic carboxylic acids is 1. The van der Waals surface area contributed by atoms with E-state index in [0.717, 1.165) is 4.90 Å². The molecule has 0 saturated carbocycles. The third-order valence-corrected chi connectivity index (χ3v) is 4.14. The minimum atomic E-state index is -3.20. The Balaban J connectivity index is 2.43. The lowest BCUT2D eigenvalue weighted by atomic mass is 10.0. The van der Waals surface area contributed by atoms with Crippen LogP contribution in [0.2, 0.25) is 0 Å². The average molecular weight is 381 g/mol. The second kappa shape index (κ2) is 10.1. The molecule has 0 radical (unpaired) electrons. The Hall–Kier alpha value is -2.41. The molecule has 1 fully saturated rings. The topological polar surface area (TPSA) is 95.9 Å². The van der Waals surface area contributed by atoms with Gasteiger partial charge in [-0.3, -0.25) is 14.9 Å². The van der Waals surface area contributed by atoms with Gasteiger partial charge in [-0.2, -0.15) is 0 Å². The molecule has 1 amide bonds. The lowest BCUT2D eigenvalue weighted by Crippen LogP contribution is -2.53. The number of hydrogen-bond donors (Lipinski definition) is 2. The van der Waals surface area contributed by atoms with E-state index < -0.39 is 48.7 Å². The van der Waals surface area contributed by atoms with Crippen molar-refractivity contribution in [2.45, 2.75) is 57.5 Å². The van der Waals surface area contributed by atoms with E-state index in [4.69, 9.17) is 11.6 Å². The molecule has 3 atom stereocenters. The number of benzene rings is 1. The van der Waals surface area contributed by atoms with Gasteiger partial charge in [0.05, 0.1) is 14.0 Å². The van der Waals surface area contributed by atoms with Crippen molar-refractivity contribution in [2.24, 2.45) is 0 Å². The predicted molar refractivity (Wildman–Crippen MR) is 100 cm³/mol. The summed E-state index contributed by atoms with van der Waals surface area (Å²) in [5, 5.41) is 11.7. The van der Waals surface area contributed by atoms with E-state index in [9.17, 15) is 19.5 Å². The Morgan fingerprint density at radius 3 is 2.74 bits per heavy atom. The summed E-state index contributed by atoms with van der Waals surface area (Å²) in [5.74, 6) is -3.30. The van der Waals surface area contributed by atoms with Crippen LogP contribution in [0.4, 0.5) is 0 Å². The smallest absolute Gasteiger partial charge is 0.326 e. The van der Waals surface area contributed by atoms with Crippen LogP contribution in [0, 0.1) is 0 Å². The zero-order valence-electron chi connectivity index (χ0n) is 20.4. The molecule has 7 nitrogen and oxygen atoms in total. The van der Waals surface area contributed by atoms with E-state index in [-0.39, 0.29) is 25.1 Å². The van der Waals surface area contributed by atoms with E-state index >= 15 is 0 Å². The van der Waals surface area contributed by atoms with Crippen LogP contribution in [0.5, 0.6) is 0 Å². The van der Waals surface area contributed by atoms with Gasteiger partial charge in [-0.05, 0) is 45.0 Å². The molecule has 0 unspecified atom stereocenters. The fourth-order valence-corrected chi connectivity index (χ4v) is 2.82. The van der Waals surface area contributed by atoms with Crippen LogP contribution < -0.4 is 5.32 Å². The second-order valence-corrected chi connectivity index (χ2v) is 6.11. The first-order valence-electron chi connectivity index (χ1n) is 11.3. The predicted octanol–water partition coefficient (Wildman–Crippen LogP) is 1.60. The van der Waals surface area contributed by atoms with Gasteiger partial charge in [-0.25, -0.2) is 4.79 Å². The van der Waals surface area contributed by atoms with E-state index in [1.54, 1.807) is 6.07 Å². The van der Waals surface area contributed by atoms with Gasteiger partial charge in [0, 0.05) is 12.0 Å². The fraction of sp³-hybridized carbons (Fsp3) is 0.550. The SMILES string of the molecule is [2H]C([2H])(c1ccccc1)C([2H])([2H])[C@]([2H])(N[C@@H](C)C(=O)N1CCC[C@H]1C(=O)O)C(=O)OCC. The van der Waals surface area contributed by atoms with Crippen LogP contribution in [-0.2, 0) is 25.5 Å². The van der Waals surface area contributed by atoms with E-state index in [2.05, 4.69) is 5.32 Å². The minimum Gasteiger partial charge on any atom is -0.480 e. The zero-order chi connectivity index (χ0) is 24.3. The largest absolute Gasteiger partial charge is 0.480 e. The van der Waals surface area contributed by atoms with Gasteiger partial charge in [0.2, 0.25) is 5.91 Å². The molecule has 7 heteroatoms. The molecule has 0 aliphatic carbocycles. The highest BCUT2D eigenvalue weighted by Gasteiger charge is 2.36. The van der Waals surface area contributed by atoms with E-state index in [1.807, 2.05) is 0 Å². The maximum atomic E-state index is 12.9. The number of nitrogens with one attached hydrogen (secondary N) is 1. The number of nitrogens with zero attached hydrogens (tertiary/aromatic N) is 1. The molecule has 0 bridgehead atoms. The average Bonchev–Trinajstić information content (AvgIpc) is 3.23. The molecule has 2 rings (SSSR count). The molecule has 1 aromatic rings. The quantitative estimate of drug-likeness (QED) is 0.631. The molecule has 2 N–H and O–H groups in total. The molecule has 1 heterocycles. The Morgan fingerprint density at radius 1 is 1.41 bits per heavy atom. The number of carboxylic acid groups (broad SMARTS) is 1. The summed E-state index contributed by atoms with van der Waals surface area (Å²) in [6.45, 7) is 2.71. The number of aryl methyl sites for hydroxylation is 1. The number of rotatable bonds is 9. The maximum Gasteiger partial charge on any atom is 0.326 e. The lowest BCUT2D eigenvalue weighted by molar-refractivity contribution is -0.150. The Kier molecular flexibility index (Phi) is 5.45. The van der Waals surface area contributed by atoms with Crippen molar-refractivity contribution in [1.82, 2.24) is 10.2 Å². The van der Waals surface area contributed by atoms with Gasteiger partial charge < -0.3 is 14.7 Å². The first-order chi connectivity index (χ1) is 14.8. The van der Waals surface area contributed by atoms with Crippen LogP contribution in [-0.4, -0.2) is 59.1 Å². The van der Waals surface area contributed by atoms with E-state index in [1.165, 1.54) is 38.1 Å². The lowest BCUT2D eigenvalue weighted by Gasteiger charge is -2.27. The number of hydrogen-bond acceptors (Lipinski definition) is 5. The summed E-state index contributed by atoms with van der Waals surface area (Å²) in [6, 6.07) is 1.84. The third-order valence-electron chi connectivity index (χ3n) is 4.14. The maximum absolute atomic E-state index is 12.9. The molecule has 148 valence electrons. The molecule has 0 spiro atoms. The molecule has 1 aliphatic heterocycles. The zero-order valence-corrected chi connectivity index (χ0v) is 15.4. The molecule has 1 saturated heterocycles. The molecular formula is C20H28N2O5. The van der Waals surface area contributed by atoms with Gasteiger partial charge in [0.15, 0.2) is 0 Å². The number of carbonyl (C=O) groups excluding carboxylic acids is 2. The number of esters is 1. The van der Waals surface area contributed by atoms with Crippen LogP contribution in [0.3, 0.4) is 0 Å². The summed E-state index contributed by atoms with van der Waals surface area (Å²) >= 11 is 0. The Bertz CT molecular complexity index is 854. The van der Waals surface area contributed by atoms with E-state index in [0.29, 0.717) is 6.42 Å². The van der Waals surface area contributed by atoms with Crippen molar-refractivity contribution in [1.29, 1.82) is 0 Å². The van der Waals surface area contributed by atoms with Gasteiger partial charge in [0.25, 0.3) is 0 Å².